The van der Waals surface area contributed by atoms with Gasteiger partial charge in [0.1, 0.15) is 28.4 Å². The van der Waals surface area contributed by atoms with Crippen molar-refractivity contribution in [3.63, 3.8) is 0 Å². The van der Waals surface area contributed by atoms with Crippen molar-refractivity contribution in [1.82, 2.24) is 21.3 Å². The van der Waals surface area contributed by atoms with E-state index in [9.17, 15) is 39.2 Å². The topological polar surface area (TPSA) is 254 Å². The maximum Gasteiger partial charge on any atom is 0.408 e. The van der Waals surface area contributed by atoms with E-state index in [1.807, 2.05) is 182 Å². The van der Waals surface area contributed by atoms with Crippen LogP contribution in [0.15, 0.2) is 187 Å². The van der Waals surface area contributed by atoms with E-state index in [-0.39, 0.29) is 36.2 Å². The Hall–Kier alpha value is -8.16. The number of hydrogen-bond acceptors (Lipinski definition) is 11. The van der Waals surface area contributed by atoms with Crippen LogP contribution >= 0.6 is 23.5 Å². The van der Waals surface area contributed by atoms with Gasteiger partial charge in [0.25, 0.3) is 5.96 Å². The van der Waals surface area contributed by atoms with Gasteiger partial charge in [-0.25, -0.2) is 24.5 Å². The first kappa shape index (κ1) is 62.7. The van der Waals surface area contributed by atoms with Crippen molar-refractivity contribution < 1.29 is 43.6 Å². The fourth-order valence-electron chi connectivity index (χ4n) is 8.51. The van der Waals surface area contributed by atoms with Crippen LogP contribution < -0.4 is 27.0 Å². The lowest BCUT2D eigenvalue weighted by atomic mass is 9.84. The van der Waals surface area contributed by atoms with Crippen LogP contribution in [0.4, 0.5) is 9.59 Å². The Kier molecular flexibility index (Phi) is 23.3. The third-order valence-corrected chi connectivity index (χ3v) is 15.3. The SMILES string of the molecule is CC(=O)C(CCCN/C(N)=N\[N+](=O)[O-])NC(=O)C(CSC(c1ccccc1)(c1ccccc1)c1ccccc1)NC(=O)OC(C)(C)C.CC(C)(C)OC(=O)NC(CSC(c1ccccc1)(c1ccccc1)c1ccccc1)C(=O)O. The van der Waals surface area contributed by atoms with Gasteiger partial charge in [0.05, 0.1) is 15.5 Å². The molecule has 0 aliphatic carbocycles. The summed E-state index contributed by atoms with van der Waals surface area (Å²) in [5, 5.41) is 33.0. The number of nitrogens with zero attached hydrogens (tertiary/aromatic N) is 2. The zero-order valence-corrected chi connectivity index (χ0v) is 47.6. The van der Waals surface area contributed by atoms with E-state index < -0.39 is 67.9 Å². The van der Waals surface area contributed by atoms with Crippen molar-refractivity contribution >= 4 is 59.3 Å². The van der Waals surface area contributed by atoms with E-state index in [1.165, 1.54) is 30.4 Å². The fraction of sp³-hybridized carbons (Fsp3) is 0.311. The number of hydrazone groups is 1. The third kappa shape index (κ3) is 18.8. The average molecular weight is 1130 g/mol. The highest BCUT2D eigenvalue weighted by molar-refractivity contribution is 8.01. The molecule has 19 heteroatoms. The summed E-state index contributed by atoms with van der Waals surface area (Å²) in [5.74, 6) is -2.08. The van der Waals surface area contributed by atoms with Crippen LogP contribution in [0.5, 0.6) is 0 Å². The van der Waals surface area contributed by atoms with E-state index in [4.69, 9.17) is 15.2 Å². The van der Waals surface area contributed by atoms with Gasteiger partial charge in [0.15, 0.2) is 10.8 Å². The van der Waals surface area contributed by atoms with Gasteiger partial charge in [-0.2, -0.15) is 0 Å². The number of ketones is 1. The molecule has 17 nitrogen and oxygen atoms in total. The first-order chi connectivity index (χ1) is 38.0. The van der Waals surface area contributed by atoms with Gasteiger partial charge in [0.2, 0.25) is 5.91 Å². The normalized spacial score (nSPS) is 12.9. The molecule has 0 fully saturated rings. The van der Waals surface area contributed by atoms with E-state index in [1.54, 1.807) is 41.5 Å². The number of guanidine groups is 1. The van der Waals surface area contributed by atoms with Crippen LogP contribution in [0.1, 0.15) is 94.7 Å². The Balaban J connectivity index is 0.000000312. The summed E-state index contributed by atoms with van der Waals surface area (Å²) in [7, 11) is 0. The van der Waals surface area contributed by atoms with Crippen LogP contribution in [0, 0.1) is 10.1 Å². The van der Waals surface area contributed by atoms with Crippen molar-refractivity contribution in [3.05, 3.63) is 225 Å². The lowest BCUT2D eigenvalue weighted by Gasteiger charge is -2.36. The minimum atomic E-state index is -1.12. The monoisotopic (exact) mass is 1130 g/mol. The molecule has 0 radical (unpaired) electrons. The molecule has 6 aromatic rings. The van der Waals surface area contributed by atoms with Crippen molar-refractivity contribution in [3.8, 4) is 0 Å². The predicted octanol–water partition coefficient (Wildman–Crippen LogP) is 10.2. The smallest absolute Gasteiger partial charge is 0.408 e. The van der Waals surface area contributed by atoms with Gasteiger partial charge < -0.3 is 41.6 Å². The van der Waals surface area contributed by atoms with Gasteiger partial charge in [-0.15, -0.1) is 23.5 Å². The number of rotatable bonds is 23. The number of nitro groups is 1. The number of Topliss-reactive ketones (excluding diaryl/α,β-unsaturated/α-hetero) is 1. The van der Waals surface area contributed by atoms with Gasteiger partial charge in [0, 0.05) is 18.1 Å². The van der Waals surface area contributed by atoms with Gasteiger partial charge in [-0.05, 0) is 94.7 Å². The second kappa shape index (κ2) is 29.7. The Labute approximate surface area is 476 Å². The zero-order valence-electron chi connectivity index (χ0n) is 46.0. The maximum atomic E-state index is 13.9. The molecule has 0 aliphatic rings. The highest BCUT2D eigenvalue weighted by Gasteiger charge is 2.41. The molecule has 422 valence electrons. The number of carbonyl (C=O) groups excluding carboxylic acids is 4. The van der Waals surface area contributed by atoms with Gasteiger partial charge in [-0.1, -0.05) is 182 Å². The molecule has 3 amide bonds. The fourth-order valence-corrected chi connectivity index (χ4v) is 11.6. The standard InChI is InChI=1S/C34H42N6O6S.C27H29NO4S/c1-24(41)28(21-14-22-36-31(35)39-40(44)45)37-30(42)29(38-32(43)46-33(2,3)4)23-47-34(25-15-8-5-9-16-25,26-17-10-6-11-18-26)27-19-12-7-13-20-27;1-26(2,3)32-25(31)28-23(24(29)30)19-33-27(20-13-7-4-8-14-20,21-15-9-5-10-16-21)22-17-11-6-12-18-22/h5-13,15-20,28-29H,14,21-23H2,1-4H3,(H,37,42)(H,38,43)(H3,35,36,39);4-18,23H,19H2,1-3H3,(H,28,31)(H,29,30). The van der Waals surface area contributed by atoms with E-state index in [0.717, 1.165) is 33.4 Å². The predicted molar refractivity (Wildman–Crippen MR) is 316 cm³/mol. The van der Waals surface area contributed by atoms with Gasteiger partial charge in [-0.3, -0.25) is 9.59 Å². The molecule has 0 saturated heterocycles. The summed E-state index contributed by atoms with van der Waals surface area (Å²) in [6.07, 6.45) is -0.961. The number of amides is 3. The number of ether oxygens (including phenoxy) is 2. The minimum Gasteiger partial charge on any atom is -0.480 e. The number of carboxylic acids is 1. The van der Waals surface area contributed by atoms with Crippen LogP contribution in [0.3, 0.4) is 0 Å². The van der Waals surface area contributed by atoms with Crippen LogP contribution in [0.25, 0.3) is 0 Å². The molecule has 6 rings (SSSR count). The van der Waals surface area contributed by atoms with E-state index in [2.05, 4.69) is 26.4 Å². The molecule has 3 atom stereocenters. The molecule has 0 saturated carbocycles. The average Bonchev–Trinajstić information content (AvgIpc) is 3.47. The number of thioether (sulfide) groups is 2. The quantitative estimate of drug-likeness (QED) is 0.00872. The summed E-state index contributed by atoms with van der Waals surface area (Å²) in [6.45, 7) is 11.9. The highest BCUT2D eigenvalue weighted by atomic mass is 32.2. The number of carboxylic acid groups (broad SMARTS) is 1. The largest absolute Gasteiger partial charge is 0.480 e. The second-order valence-electron chi connectivity index (χ2n) is 20.4. The Morgan fingerprint density at radius 3 is 1.15 bits per heavy atom. The molecule has 0 bridgehead atoms. The number of aliphatic carboxylic acids is 1. The third-order valence-electron chi connectivity index (χ3n) is 12.0. The minimum absolute atomic E-state index is 0.115. The first-order valence-electron chi connectivity index (χ1n) is 25.9. The summed E-state index contributed by atoms with van der Waals surface area (Å²) in [6, 6.07) is 56.7. The van der Waals surface area contributed by atoms with Crippen molar-refractivity contribution in [2.45, 2.75) is 100 Å². The molecule has 0 aliphatic heterocycles. The van der Waals surface area contributed by atoms with E-state index in [0.29, 0.717) is 6.42 Å². The number of carbonyl (C=O) groups is 5. The second-order valence-corrected chi connectivity index (χ2v) is 22.8. The Bertz CT molecular complexity index is 2770. The lowest BCUT2D eigenvalue weighted by molar-refractivity contribution is -0.485. The molecule has 0 aromatic heterocycles. The number of hydrogen-bond donors (Lipinski definition) is 6. The van der Waals surface area contributed by atoms with Crippen molar-refractivity contribution in [2.75, 3.05) is 18.1 Å². The molecule has 0 heterocycles. The summed E-state index contributed by atoms with van der Waals surface area (Å²) < 4.78 is 9.34. The molecule has 6 aromatic carbocycles. The van der Waals surface area contributed by atoms with E-state index >= 15 is 0 Å². The zero-order chi connectivity index (χ0) is 58.4. The van der Waals surface area contributed by atoms with Crippen LogP contribution in [-0.2, 0) is 33.4 Å². The van der Waals surface area contributed by atoms with Crippen LogP contribution in [-0.4, -0.2) is 93.3 Å². The van der Waals surface area contributed by atoms with Crippen molar-refractivity contribution in [2.24, 2.45) is 10.8 Å². The number of nitrogens with one attached hydrogen (secondary N) is 4. The molecule has 3 unspecified atom stereocenters. The number of nitrogens with two attached hydrogens (primary N) is 1. The number of benzene rings is 6. The molecular formula is C61H71N7O10S2. The first-order valence-corrected chi connectivity index (χ1v) is 27.9. The Morgan fingerprint density at radius 1 is 0.550 bits per heavy atom. The lowest BCUT2D eigenvalue weighted by Crippen LogP contribution is -2.53. The van der Waals surface area contributed by atoms with Crippen molar-refractivity contribution in [1.29, 1.82) is 0 Å². The molecule has 0 spiro atoms. The highest BCUT2D eigenvalue weighted by Crippen LogP contribution is 2.50. The summed E-state index contributed by atoms with van der Waals surface area (Å²) in [5.41, 5.74) is 9.94. The maximum absolute atomic E-state index is 13.9. The molecule has 7 N–H and O–H groups in total. The molecule has 80 heavy (non-hydrogen) atoms. The van der Waals surface area contributed by atoms with Gasteiger partial charge >= 0.3 is 18.2 Å². The summed E-state index contributed by atoms with van der Waals surface area (Å²) in [4.78, 5) is 74.3. The Morgan fingerprint density at radius 2 is 0.863 bits per heavy atom. The molecular weight excluding hydrogens is 1050 g/mol. The number of alkyl carbamates (subject to hydrolysis) is 2. The summed E-state index contributed by atoms with van der Waals surface area (Å²) >= 11 is 2.96. The van der Waals surface area contributed by atoms with Crippen LogP contribution in [0.2, 0.25) is 0 Å².